The van der Waals surface area contributed by atoms with Crippen LogP contribution < -0.4 is 5.32 Å². The van der Waals surface area contributed by atoms with E-state index in [1.807, 2.05) is 24.5 Å². The lowest BCUT2D eigenvalue weighted by molar-refractivity contribution is 0.199. The molecule has 2 aromatic rings. The molecule has 0 saturated heterocycles. The molecule has 2 heterocycles. The largest absolute Gasteiger partial charge is 0.383 e. The van der Waals surface area contributed by atoms with E-state index < -0.39 is 0 Å². The standard InChI is InChI=1S/C13H16N4O/c1-18-6-5-15-7-11-8-16-13(17-9-11)12-3-2-4-14-10-12/h2-4,8-10,15H,5-7H2,1H3. The second-order valence-electron chi connectivity index (χ2n) is 3.83. The van der Waals surface area contributed by atoms with Gasteiger partial charge in [0.25, 0.3) is 0 Å². The first kappa shape index (κ1) is 12.6. The van der Waals surface area contributed by atoms with Crippen molar-refractivity contribution in [2.75, 3.05) is 20.3 Å². The lowest BCUT2D eigenvalue weighted by Gasteiger charge is -2.04. The van der Waals surface area contributed by atoms with Crippen LogP contribution in [0.5, 0.6) is 0 Å². The Balaban J connectivity index is 1.94. The third kappa shape index (κ3) is 3.58. The summed E-state index contributed by atoms with van der Waals surface area (Å²) in [5.41, 5.74) is 1.98. The number of hydrogen-bond donors (Lipinski definition) is 1. The smallest absolute Gasteiger partial charge is 0.160 e. The highest BCUT2D eigenvalue weighted by Gasteiger charge is 2.00. The summed E-state index contributed by atoms with van der Waals surface area (Å²) in [5, 5.41) is 3.24. The number of methoxy groups -OCH3 is 1. The van der Waals surface area contributed by atoms with Gasteiger partial charge < -0.3 is 10.1 Å². The minimum absolute atomic E-state index is 0.698. The van der Waals surface area contributed by atoms with Crippen LogP contribution in [0.1, 0.15) is 5.56 Å². The van der Waals surface area contributed by atoms with Gasteiger partial charge in [-0.1, -0.05) is 0 Å². The van der Waals surface area contributed by atoms with Crippen molar-refractivity contribution in [3.05, 3.63) is 42.5 Å². The summed E-state index contributed by atoms with van der Waals surface area (Å²) in [6.07, 6.45) is 7.15. The average Bonchev–Trinajstić information content (AvgIpc) is 2.45. The molecule has 0 bridgehead atoms. The number of hydrogen-bond acceptors (Lipinski definition) is 5. The van der Waals surface area contributed by atoms with Gasteiger partial charge in [-0.05, 0) is 12.1 Å². The van der Waals surface area contributed by atoms with Crippen molar-refractivity contribution in [2.45, 2.75) is 6.54 Å². The van der Waals surface area contributed by atoms with Gasteiger partial charge in [-0.2, -0.15) is 0 Å². The second-order valence-corrected chi connectivity index (χ2v) is 3.83. The quantitative estimate of drug-likeness (QED) is 0.775. The maximum Gasteiger partial charge on any atom is 0.160 e. The molecule has 0 aromatic carbocycles. The molecule has 0 amide bonds. The molecule has 5 nitrogen and oxygen atoms in total. The Morgan fingerprint density at radius 1 is 1.22 bits per heavy atom. The molecule has 1 N–H and O–H groups in total. The fraction of sp³-hybridized carbons (Fsp3) is 0.308. The summed E-state index contributed by atoms with van der Waals surface area (Å²) in [4.78, 5) is 12.7. The van der Waals surface area contributed by atoms with Crippen LogP contribution in [0.3, 0.4) is 0 Å². The van der Waals surface area contributed by atoms with Crippen LogP contribution in [0, 0.1) is 0 Å². The van der Waals surface area contributed by atoms with Crippen molar-refractivity contribution in [1.82, 2.24) is 20.3 Å². The summed E-state index contributed by atoms with van der Waals surface area (Å²) in [6.45, 7) is 2.27. The Morgan fingerprint density at radius 3 is 2.72 bits per heavy atom. The Labute approximate surface area is 106 Å². The van der Waals surface area contributed by atoms with E-state index in [0.29, 0.717) is 12.4 Å². The highest BCUT2D eigenvalue weighted by atomic mass is 16.5. The molecule has 0 saturated carbocycles. The number of ether oxygens (including phenoxy) is 1. The first-order chi connectivity index (χ1) is 8.90. The Hall–Kier alpha value is -1.85. The molecule has 2 aromatic heterocycles. The van der Waals surface area contributed by atoms with Gasteiger partial charge in [0.05, 0.1) is 6.61 Å². The lowest BCUT2D eigenvalue weighted by Crippen LogP contribution is -2.18. The van der Waals surface area contributed by atoms with Crippen molar-refractivity contribution >= 4 is 0 Å². The molecular weight excluding hydrogens is 228 g/mol. The average molecular weight is 244 g/mol. The van der Waals surface area contributed by atoms with Crippen molar-refractivity contribution < 1.29 is 4.74 Å². The summed E-state index contributed by atoms with van der Waals surface area (Å²) < 4.78 is 4.96. The number of rotatable bonds is 6. The molecule has 94 valence electrons. The molecule has 0 unspecified atom stereocenters. The summed E-state index contributed by atoms with van der Waals surface area (Å²) in [6, 6.07) is 3.82. The molecule has 18 heavy (non-hydrogen) atoms. The summed E-state index contributed by atoms with van der Waals surface area (Å²) in [7, 11) is 1.69. The van der Waals surface area contributed by atoms with Crippen molar-refractivity contribution in [3.8, 4) is 11.4 Å². The molecule has 0 radical (unpaired) electrons. The van der Waals surface area contributed by atoms with Crippen LogP contribution in [0.2, 0.25) is 0 Å². The van der Waals surface area contributed by atoms with Crippen LogP contribution >= 0.6 is 0 Å². The van der Waals surface area contributed by atoms with E-state index in [4.69, 9.17) is 4.74 Å². The van der Waals surface area contributed by atoms with Gasteiger partial charge in [0.1, 0.15) is 0 Å². The van der Waals surface area contributed by atoms with E-state index in [1.54, 1.807) is 19.5 Å². The second kappa shape index (κ2) is 6.78. The fourth-order valence-corrected chi connectivity index (χ4v) is 1.50. The van der Waals surface area contributed by atoms with Gasteiger partial charge in [-0.15, -0.1) is 0 Å². The Bertz CT molecular complexity index is 458. The molecule has 5 heteroatoms. The molecule has 0 fully saturated rings. The van der Waals surface area contributed by atoms with Gasteiger partial charge in [-0.25, -0.2) is 9.97 Å². The van der Waals surface area contributed by atoms with Gasteiger partial charge in [0, 0.05) is 56.1 Å². The monoisotopic (exact) mass is 244 g/mol. The van der Waals surface area contributed by atoms with Crippen LogP contribution in [0.25, 0.3) is 11.4 Å². The number of aromatic nitrogens is 3. The number of nitrogens with one attached hydrogen (secondary N) is 1. The number of pyridine rings is 1. The lowest BCUT2D eigenvalue weighted by atomic mass is 10.2. The molecule has 0 atom stereocenters. The molecular formula is C13H16N4O. The zero-order valence-corrected chi connectivity index (χ0v) is 10.3. The SMILES string of the molecule is COCCNCc1cnc(-c2cccnc2)nc1. The summed E-state index contributed by atoms with van der Waals surface area (Å²) >= 11 is 0. The maximum absolute atomic E-state index is 4.96. The molecule has 0 aliphatic carbocycles. The van der Waals surface area contributed by atoms with E-state index in [9.17, 15) is 0 Å². The Kier molecular flexibility index (Phi) is 4.75. The zero-order chi connectivity index (χ0) is 12.6. The summed E-state index contributed by atoms with van der Waals surface area (Å²) in [5.74, 6) is 0.698. The predicted molar refractivity (Wildman–Crippen MR) is 68.8 cm³/mol. The minimum Gasteiger partial charge on any atom is -0.383 e. The third-order valence-electron chi connectivity index (χ3n) is 2.44. The van der Waals surface area contributed by atoms with Crippen LogP contribution in [-0.2, 0) is 11.3 Å². The first-order valence-electron chi connectivity index (χ1n) is 5.81. The number of nitrogens with zero attached hydrogens (tertiary/aromatic N) is 3. The van der Waals surface area contributed by atoms with Crippen molar-refractivity contribution in [3.63, 3.8) is 0 Å². The van der Waals surface area contributed by atoms with Crippen LogP contribution in [0.15, 0.2) is 36.9 Å². The third-order valence-corrected chi connectivity index (χ3v) is 2.44. The molecule has 2 rings (SSSR count). The molecule has 0 spiro atoms. The highest BCUT2D eigenvalue weighted by Crippen LogP contribution is 2.11. The maximum atomic E-state index is 4.96. The highest BCUT2D eigenvalue weighted by molar-refractivity contribution is 5.52. The van der Waals surface area contributed by atoms with Crippen LogP contribution in [-0.4, -0.2) is 35.2 Å². The van der Waals surface area contributed by atoms with Gasteiger partial charge in [0.15, 0.2) is 5.82 Å². The van der Waals surface area contributed by atoms with E-state index in [0.717, 1.165) is 24.2 Å². The van der Waals surface area contributed by atoms with Crippen molar-refractivity contribution in [1.29, 1.82) is 0 Å². The van der Waals surface area contributed by atoms with E-state index in [2.05, 4.69) is 20.3 Å². The first-order valence-corrected chi connectivity index (χ1v) is 5.81. The van der Waals surface area contributed by atoms with Crippen molar-refractivity contribution in [2.24, 2.45) is 0 Å². The van der Waals surface area contributed by atoms with Crippen LogP contribution in [0.4, 0.5) is 0 Å². The molecule has 0 aliphatic heterocycles. The van der Waals surface area contributed by atoms with Gasteiger partial charge in [0.2, 0.25) is 0 Å². The van der Waals surface area contributed by atoms with E-state index in [-0.39, 0.29) is 0 Å². The van der Waals surface area contributed by atoms with E-state index >= 15 is 0 Å². The topological polar surface area (TPSA) is 59.9 Å². The molecule has 0 aliphatic rings. The van der Waals surface area contributed by atoms with Gasteiger partial charge >= 0.3 is 0 Å². The Morgan fingerprint density at radius 2 is 2.06 bits per heavy atom. The van der Waals surface area contributed by atoms with Gasteiger partial charge in [-0.3, -0.25) is 4.98 Å². The predicted octanol–water partition coefficient (Wildman–Crippen LogP) is 1.27. The zero-order valence-electron chi connectivity index (χ0n) is 10.3. The van der Waals surface area contributed by atoms with E-state index in [1.165, 1.54) is 0 Å². The minimum atomic E-state index is 0.698. The normalized spacial score (nSPS) is 10.5. The fourth-order valence-electron chi connectivity index (χ4n) is 1.50.